The van der Waals surface area contributed by atoms with Gasteiger partial charge in [0.25, 0.3) is 0 Å². The van der Waals surface area contributed by atoms with Crippen LogP contribution in [0.2, 0.25) is 0 Å². The molecule has 0 aliphatic rings. The van der Waals surface area contributed by atoms with Crippen molar-refractivity contribution >= 4 is 45.1 Å². The van der Waals surface area contributed by atoms with Gasteiger partial charge in [0.1, 0.15) is 12.1 Å². The van der Waals surface area contributed by atoms with Crippen LogP contribution in [0.5, 0.6) is 0 Å². The first-order valence-electron chi connectivity index (χ1n) is 9.65. The average molecular weight is 445 g/mol. The first-order valence-corrected chi connectivity index (χ1v) is 10.5. The Morgan fingerprint density at radius 1 is 1.06 bits per heavy atom. The summed E-state index contributed by atoms with van der Waals surface area (Å²) < 4.78 is 13.2. The number of H-pyrrole nitrogens is 1. The molecule has 0 fully saturated rings. The SMILES string of the molecule is O=C(Cc1csc(-c2ncn[nH]2)n1)Nc1ccc(Nc2ccc(F)cc2)c2ccncc12. The maximum absolute atomic E-state index is 13.2. The van der Waals surface area contributed by atoms with E-state index < -0.39 is 0 Å². The molecule has 5 rings (SSSR count). The number of benzene rings is 2. The number of hydrogen-bond acceptors (Lipinski definition) is 7. The van der Waals surface area contributed by atoms with Crippen molar-refractivity contribution in [2.24, 2.45) is 0 Å². The molecule has 5 aromatic rings. The fraction of sp³-hybridized carbons (Fsp3) is 0.0455. The van der Waals surface area contributed by atoms with Gasteiger partial charge in [-0.2, -0.15) is 5.10 Å². The number of carbonyl (C=O) groups is 1. The van der Waals surface area contributed by atoms with Crippen molar-refractivity contribution in [2.45, 2.75) is 6.42 Å². The van der Waals surface area contributed by atoms with Crippen molar-refractivity contribution in [3.63, 3.8) is 0 Å². The van der Waals surface area contributed by atoms with Crippen LogP contribution in [0.4, 0.5) is 21.5 Å². The number of pyridine rings is 1. The van der Waals surface area contributed by atoms with Gasteiger partial charge < -0.3 is 10.6 Å². The molecular formula is C22H16FN7OS. The van der Waals surface area contributed by atoms with E-state index in [1.807, 2.05) is 23.6 Å². The summed E-state index contributed by atoms with van der Waals surface area (Å²) >= 11 is 1.40. The maximum Gasteiger partial charge on any atom is 0.230 e. The van der Waals surface area contributed by atoms with Crippen LogP contribution >= 0.6 is 11.3 Å². The van der Waals surface area contributed by atoms with E-state index in [2.05, 4.69) is 35.8 Å². The smallest absolute Gasteiger partial charge is 0.230 e. The number of amides is 1. The van der Waals surface area contributed by atoms with Crippen LogP contribution in [0, 0.1) is 5.82 Å². The van der Waals surface area contributed by atoms with Crippen molar-refractivity contribution in [1.82, 2.24) is 25.1 Å². The highest BCUT2D eigenvalue weighted by atomic mass is 32.1. The number of thiazole rings is 1. The second-order valence-corrected chi connectivity index (χ2v) is 7.77. The number of anilines is 3. The summed E-state index contributed by atoms with van der Waals surface area (Å²) in [6.07, 6.45) is 4.93. The fourth-order valence-electron chi connectivity index (χ4n) is 3.26. The van der Waals surface area contributed by atoms with E-state index in [0.717, 1.165) is 22.1 Å². The topological polar surface area (TPSA) is 108 Å². The summed E-state index contributed by atoms with van der Waals surface area (Å²) in [5.74, 6) is 0.0857. The molecule has 3 aromatic heterocycles. The monoisotopic (exact) mass is 445 g/mol. The maximum atomic E-state index is 13.2. The highest BCUT2D eigenvalue weighted by Gasteiger charge is 2.13. The first-order chi connectivity index (χ1) is 15.7. The molecule has 0 saturated heterocycles. The lowest BCUT2D eigenvalue weighted by atomic mass is 10.1. The highest BCUT2D eigenvalue weighted by Crippen LogP contribution is 2.31. The van der Waals surface area contributed by atoms with Crippen LogP contribution in [0.25, 0.3) is 21.6 Å². The average Bonchev–Trinajstić information content (AvgIpc) is 3.49. The Kier molecular flexibility index (Phi) is 5.26. The van der Waals surface area contributed by atoms with Gasteiger partial charge in [-0.15, -0.1) is 11.3 Å². The third-order valence-corrected chi connectivity index (χ3v) is 5.62. The Bertz CT molecular complexity index is 1380. The van der Waals surface area contributed by atoms with Crippen LogP contribution in [0.15, 0.2) is 66.6 Å². The van der Waals surface area contributed by atoms with Gasteiger partial charge in [-0.1, -0.05) is 0 Å². The van der Waals surface area contributed by atoms with Gasteiger partial charge >= 0.3 is 0 Å². The van der Waals surface area contributed by atoms with Gasteiger partial charge in [0.2, 0.25) is 5.91 Å². The zero-order chi connectivity index (χ0) is 21.9. The number of nitrogens with zero attached hydrogens (tertiary/aromatic N) is 4. The van der Waals surface area contributed by atoms with Crippen molar-refractivity contribution in [3.8, 4) is 10.8 Å². The summed E-state index contributed by atoms with van der Waals surface area (Å²) in [7, 11) is 0. The number of aromatic amines is 1. The predicted octanol–water partition coefficient (Wildman–Crippen LogP) is 4.54. The van der Waals surface area contributed by atoms with E-state index in [1.54, 1.807) is 24.5 Å². The van der Waals surface area contributed by atoms with Crippen LogP contribution in [-0.4, -0.2) is 31.1 Å². The van der Waals surface area contributed by atoms with Crippen LogP contribution in [0.1, 0.15) is 5.69 Å². The van der Waals surface area contributed by atoms with Crippen LogP contribution in [0.3, 0.4) is 0 Å². The summed E-state index contributed by atoms with van der Waals surface area (Å²) in [5.41, 5.74) is 2.87. The summed E-state index contributed by atoms with van der Waals surface area (Å²) in [4.78, 5) is 25.4. The van der Waals surface area contributed by atoms with E-state index in [1.165, 1.54) is 29.8 Å². The predicted molar refractivity (Wildman–Crippen MR) is 121 cm³/mol. The van der Waals surface area contributed by atoms with Crippen LogP contribution < -0.4 is 10.6 Å². The highest BCUT2D eigenvalue weighted by molar-refractivity contribution is 7.13. The number of hydrogen-bond donors (Lipinski definition) is 3. The molecule has 3 N–H and O–H groups in total. The lowest BCUT2D eigenvalue weighted by molar-refractivity contribution is -0.115. The molecule has 1 amide bonds. The van der Waals surface area contributed by atoms with Gasteiger partial charge in [0.15, 0.2) is 10.8 Å². The number of halogens is 1. The van der Waals surface area contributed by atoms with E-state index >= 15 is 0 Å². The zero-order valence-corrected chi connectivity index (χ0v) is 17.4. The van der Waals surface area contributed by atoms with E-state index in [0.29, 0.717) is 22.2 Å². The van der Waals surface area contributed by atoms with Crippen molar-refractivity contribution in [1.29, 1.82) is 0 Å². The van der Waals surface area contributed by atoms with Gasteiger partial charge in [-0.25, -0.2) is 14.4 Å². The largest absolute Gasteiger partial charge is 0.355 e. The molecule has 158 valence electrons. The Morgan fingerprint density at radius 2 is 1.91 bits per heavy atom. The summed E-state index contributed by atoms with van der Waals surface area (Å²) in [5, 5.41) is 17.0. The molecule has 10 heteroatoms. The van der Waals surface area contributed by atoms with Crippen molar-refractivity contribution in [2.75, 3.05) is 10.6 Å². The number of aromatic nitrogens is 5. The Balaban J connectivity index is 1.35. The molecule has 0 aliphatic carbocycles. The first kappa shape index (κ1) is 19.8. The molecule has 0 saturated carbocycles. The van der Waals surface area contributed by atoms with Gasteiger partial charge in [0.05, 0.1) is 17.8 Å². The third-order valence-electron chi connectivity index (χ3n) is 4.73. The van der Waals surface area contributed by atoms with E-state index in [4.69, 9.17) is 0 Å². The number of fused-ring (bicyclic) bond motifs is 1. The Labute approximate surface area is 185 Å². The minimum absolute atomic E-state index is 0.127. The van der Waals surface area contributed by atoms with Gasteiger partial charge in [0, 0.05) is 39.9 Å². The molecule has 32 heavy (non-hydrogen) atoms. The molecule has 0 aliphatic heterocycles. The Morgan fingerprint density at radius 3 is 2.72 bits per heavy atom. The summed E-state index contributed by atoms with van der Waals surface area (Å²) in [6.45, 7) is 0. The molecule has 0 unspecified atom stereocenters. The quantitative estimate of drug-likeness (QED) is 0.354. The Hall–Kier alpha value is -4.18. The number of rotatable bonds is 6. The lowest BCUT2D eigenvalue weighted by Crippen LogP contribution is -2.15. The van der Waals surface area contributed by atoms with Crippen molar-refractivity contribution in [3.05, 3.63) is 78.1 Å². The molecule has 2 aromatic carbocycles. The molecule has 0 radical (unpaired) electrons. The second kappa shape index (κ2) is 8.52. The fourth-order valence-corrected chi connectivity index (χ4v) is 4.02. The van der Waals surface area contributed by atoms with Gasteiger partial charge in [-0.3, -0.25) is 14.9 Å². The minimum atomic E-state index is -0.296. The normalized spacial score (nSPS) is 10.9. The zero-order valence-electron chi connectivity index (χ0n) is 16.5. The molecular weight excluding hydrogens is 429 g/mol. The standard InChI is InChI=1S/C22H16FN7OS/c23-13-1-3-14(4-2-13)27-18-5-6-19(17-10-24-8-7-16(17)18)29-20(31)9-15-11-32-22(28-15)21-25-12-26-30-21/h1-8,10-12,27H,9H2,(H,29,31)(H,25,26,30). The number of nitrogens with one attached hydrogen (secondary N) is 3. The molecule has 0 atom stereocenters. The van der Waals surface area contributed by atoms with Crippen molar-refractivity contribution < 1.29 is 9.18 Å². The lowest BCUT2D eigenvalue weighted by Gasteiger charge is -2.13. The minimum Gasteiger partial charge on any atom is -0.355 e. The van der Waals surface area contributed by atoms with E-state index in [-0.39, 0.29) is 18.1 Å². The summed E-state index contributed by atoms with van der Waals surface area (Å²) in [6, 6.07) is 11.7. The van der Waals surface area contributed by atoms with E-state index in [9.17, 15) is 9.18 Å². The third kappa shape index (κ3) is 4.16. The molecule has 3 heterocycles. The number of carbonyl (C=O) groups excluding carboxylic acids is 1. The second-order valence-electron chi connectivity index (χ2n) is 6.92. The van der Waals surface area contributed by atoms with Crippen LogP contribution in [-0.2, 0) is 11.2 Å². The molecule has 0 spiro atoms. The van der Waals surface area contributed by atoms with Gasteiger partial charge in [-0.05, 0) is 42.5 Å². The molecule has 0 bridgehead atoms. The molecule has 8 nitrogen and oxygen atoms in total.